The maximum atomic E-state index is 13.2. The van der Waals surface area contributed by atoms with E-state index >= 15 is 0 Å². The second-order valence-corrected chi connectivity index (χ2v) is 13.8. The van der Waals surface area contributed by atoms with Gasteiger partial charge < -0.3 is 36.3 Å². The topological polar surface area (TPSA) is 195 Å². The molecule has 0 saturated carbocycles. The second kappa shape index (κ2) is 24.0. The lowest BCUT2D eigenvalue weighted by molar-refractivity contribution is -0.143. The normalized spacial score (nSPS) is 11.7. The Morgan fingerprint density at radius 1 is 0.729 bits per heavy atom. The van der Waals surface area contributed by atoms with Gasteiger partial charge in [0.2, 0.25) is 0 Å². The number of hydrogen-bond acceptors (Lipinski definition) is 9. The number of alkyl halides is 3. The number of aromatic nitrogens is 1. The molecule has 0 amide bonds. The number of thiophene rings is 1. The van der Waals surface area contributed by atoms with E-state index < -0.39 is 35.8 Å². The number of nitrogens with two attached hydrogens (primary N) is 2. The number of carboxylic acid groups (broad SMARTS) is 3. The number of aryl methyl sites for hydroxylation is 1. The second-order valence-electron chi connectivity index (χ2n) is 12.8. The van der Waals surface area contributed by atoms with Gasteiger partial charge in [-0.05, 0) is 72.1 Å². The van der Waals surface area contributed by atoms with Gasteiger partial charge in [0.25, 0.3) is 5.97 Å². The molecule has 7 N–H and O–H groups in total. The molecule has 15 heteroatoms. The van der Waals surface area contributed by atoms with Crippen LogP contribution < -0.4 is 20.9 Å². The number of pyridine rings is 1. The Hall–Kier alpha value is -6.03. The van der Waals surface area contributed by atoms with Crippen LogP contribution in [0, 0.1) is 0 Å². The molecule has 314 valence electrons. The van der Waals surface area contributed by atoms with Gasteiger partial charge >= 0.3 is 18.1 Å². The van der Waals surface area contributed by atoms with Crippen molar-refractivity contribution in [1.29, 1.82) is 0 Å². The fourth-order valence-electron chi connectivity index (χ4n) is 5.54. The summed E-state index contributed by atoms with van der Waals surface area (Å²) in [6.07, 6.45) is -1.59. The average Bonchev–Trinajstić information content (AvgIpc) is 3.70. The number of hydrogen-bond donors (Lipinski definition) is 5. The van der Waals surface area contributed by atoms with Crippen molar-refractivity contribution in [2.75, 3.05) is 13.1 Å². The van der Waals surface area contributed by atoms with Gasteiger partial charge in [0.05, 0.1) is 24.1 Å². The van der Waals surface area contributed by atoms with Crippen molar-refractivity contribution in [3.8, 4) is 11.5 Å². The van der Waals surface area contributed by atoms with Gasteiger partial charge in [0.1, 0.15) is 23.7 Å². The summed E-state index contributed by atoms with van der Waals surface area (Å²) < 4.78 is 51.9. The lowest BCUT2D eigenvalue weighted by atomic mass is 10.0. The molecule has 0 fully saturated rings. The van der Waals surface area contributed by atoms with Gasteiger partial charge in [-0.2, -0.15) is 13.2 Å². The molecule has 0 aliphatic rings. The first-order valence-corrected chi connectivity index (χ1v) is 19.5. The highest BCUT2D eigenvalue weighted by atomic mass is 32.1. The van der Waals surface area contributed by atoms with Crippen LogP contribution in [0.4, 0.5) is 13.2 Å². The van der Waals surface area contributed by atoms with Gasteiger partial charge in [0, 0.05) is 47.2 Å². The number of carboxylic acids is 3. The highest BCUT2D eigenvalue weighted by molar-refractivity contribution is 7.10. The predicted octanol–water partition coefficient (Wildman–Crippen LogP) is 9.68. The van der Waals surface area contributed by atoms with Crippen LogP contribution in [0.1, 0.15) is 73.4 Å². The fourth-order valence-corrected chi connectivity index (χ4v) is 6.42. The number of fused-ring (bicyclic) bond motifs is 2. The molecule has 2 aromatic heterocycles. The maximum Gasteiger partial charge on any atom is 0.416 e. The van der Waals surface area contributed by atoms with E-state index in [0.29, 0.717) is 36.0 Å². The summed E-state index contributed by atoms with van der Waals surface area (Å²) in [6.45, 7) is 4.21. The lowest BCUT2D eigenvalue weighted by Gasteiger charge is -2.20. The Labute approximate surface area is 344 Å². The average molecular weight is 836 g/mol. The van der Waals surface area contributed by atoms with Crippen LogP contribution in [0.2, 0.25) is 0 Å². The predicted molar refractivity (Wildman–Crippen MR) is 223 cm³/mol. The number of aliphatic carboxylic acids is 3. The Morgan fingerprint density at radius 3 is 1.81 bits per heavy atom. The monoisotopic (exact) mass is 835 g/mol. The molecule has 4 aromatic carbocycles. The summed E-state index contributed by atoms with van der Waals surface area (Å²) in [4.78, 5) is 33.9. The van der Waals surface area contributed by atoms with Gasteiger partial charge in [-0.3, -0.25) is 19.4 Å². The van der Waals surface area contributed by atoms with E-state index in [1.54, 1.807) is 60.0 Å². The third-order valence-corrected chi connectivity index (χ3v) is 9.36. The molecule has 0 saturated heterocycles. The Bertz CT molecular complexity index is 2210. The van der Waals surface area contributed by atoms with E-state index in [1.807, 2.05) is 18.2 Å². The molecule has 0 aliphatic heterocycles. The molecule has 0 bridgehead atoms. The van der Waals surface area contributed by atoms with Crippen LogP contribution in [0.3, 0.4) is 0 Å². The molecule has 11 nitrogen and oxygen atoms in total. The van der Waals surface area contributed by atoms with Gasteiger partial charge in [-0.25, -0.2) is 0 Å². The summed E-state index contributed by atoms with van der Waals surface area (Å²) >= 11 is 1.80. The van der Waals surface area contributed by atoms with Crippen LogP contribution in [-0.2, 0) is 27.0 Å². The van der Waals surface area contributed by atoms with Crippen molar-refractivity contribution in [2.45, 2.75) is 64.3 Å². The standard InChI is InChI=1S/C19H17F3N2O.C19H21NOS.C4H6O4.C2H4O2/c20-19(21,22)14-11-13-5-1-2-6-15(13)18(12-14)25-17(8-9-23)16-7-3-4-10-24-16;1-2-16-12-15(13-22-16)18(10-11-20)21-19-9-5-7-14-6-3-4-8-17(14)19;5-3(6)1-2-4(7)8;1-2(3)4/h1-7,10-12,17H,8-9,23H2;3-9,12-13,18H,2,10-11,20H2,1H3;1-2H2,(H,5,6)(H,7,8);1H3,(H,3,4). The van der Waals surface area contributed by atoms with Gasteiger partial charge in [0.15, 0.2) is 0 Å². The van der Waals surface area contributed by atoms with Crippen molar-refractivity contribution in [3.05, 3.63) is 136 Å². The summed E-state index contributed by atoms with van der Waals surface area (Å²) in [5.41, 5.74) is 12.6. The van der Waals surface area contributed by atoms with Crippen LogP contribution in [-0.4, -0.2) is 51.3 Å². The molecule has 0 aliphatic carbocycles. The molecule has 2 heterocycles. The summed E-state index contributed by atoms with van der Waals surface area (Å²) in [7, 11) is 0. The third-order valence-electron chi connectivity index (χ3n) is 8.26. The molecule has 0 spiro atoms. The third kappa shape index (κ3) is 16.0. The molecule has 2 atom stereocenters. The molecular weight excluding hydrogens is 788 g/mol. The number of nitrogens with zero attached hydrogens (tertiary/aromatic N) is 1. The van der Waals surface area contributed by atoms with Gasteiger partial charge in [-0.1, -0.05) is 73.7 Å². The zero-order valence-corrected chi connectivity index (χ0v) is 33.4. The van der Waals surface area contributed by atoms with Crippen molar-refractivity contribution in [3.63, 3.8) is 0 Å². The number of halogens is 3. The lowest BCUT2D eigenvalue weighted by Crippen LogP contribution is -2.15. The quantitative estimate of drug-likeness (QED) is 0.0701. The minimum Gasteiger partial charge on any atom is -0.485 e. The minimum atomic E-state index is -4.45. The van der Waals surface area contributed by atoms with Crippen LogP contribution in [0.25, 0.3) is 21.5 Å². The van der Waals surface area contributed by atoms with E-state index in [2.05, 4.69) is 47.6 Å². The van der Waals surface area contributed by atoms with E-state index in [0.717, 1.165) is 43.0 Å². The first-order valence-electron chi connectivity index (χ1n) is 18.6. The highest BCUT2D eigenvalue weighted by Crippen LogP contribution is 2.38. The first-order chi connectivity index (χ1) is 28.2. The number of carbonyl (C=O) groups is 3. The van der Waals surface area contributed by atoms with E-state index in [9.17, 15) is 22.8 Å². The smallest absolute Gasteiger partial charge is 0.416 e. The molecule has 6 aromatic rings. The van der Waals surface area contributed by atoms with E-state index in [1.165, 1.54) is 15.8 Å². The molecular formula is C44H48F3N3O8S. The van der Waals surface area contributed by atoms with Crippen molar-refractivity contribution >= 4 is 50.8 Å². The van der Waals surface area contributed by atoms with Crippen molar-refractivity contribution in [1.82, 2.24) is 4.98 Å². The zero-order chi connectivity index (χ0) is 43.4. The number of ether oxygens (including phenoxy) is 2. The molecule has 2 unspecified atom stereocenters. The van der Waals surface area contributed by atoms with Crippen molar-refractivity contribution < 1.29 is 52.3 Å². The Balaban J connectivity index is 0.000000249. The van der Waals surface area contributed by atoms with Crippen LogP contribution in [0.15, 0.2) is 115 Å². The molecule has 59 heavy (non-hydrogen) atoms. The maximum absolute atomic E-state index is 13.2. The fraction of sp³-hybridized carbons (Fsp3) is 0.273. The largest absolute Gasteiger partial charge is 0.485 e. The molecule has 6 rings (SSSR count). The minimum absolute atomic E-state index is 0.0207. The Kier molecular flexibility index (Phi) is 19.3. The van der Waals surface area contributed by atoms with E-state index in [-0.39, 0.29) is 24.7 Å². The summed E-state index contributed by atoms with van der Waals surface area (Å²) in [5.74, 6) is -1.88. The molecule has 0 radical (unpaired) electrons. The van der Waals surface area contributed by atoms with Crippen LogP contribution in [0.5, 0.6) is 11.5 Å². The number of rotatable bonds is 14. The first kappa shape index (κ1) is 47.3. The van der Waals surface area contributed by atoms with Crippen LogP contribution >= 0.6 is 11.3 Å². The van der Waals surface area contributed by atoms with E-state index in [4.69, 9.17) is 41.1 Å². The SMILES string of the molecule is CC(=O)O.CCc1cc(C(CCN)Oc2cccc3ccccc23)cs1.NCCC(Oc1cc(C(F)(F)F)cc2ccccc12)c1ccccn1.O=C(O)CCC(=O)O. The van der Waals surface area contributed by atoms with Crippen molar-refractivity contribution in [2.24, 2.45) is 11.5 Å². The van der Waals surface area contributed by atoms with Gasteiger partial charge in [-0.15, -0.1) is 11.3 Å². The zero-order valence-electron chi connectivity index (χ0n) is 32.6. The highest BCUT2D eigenvalue weighted by Gasteiger charge is 2.32. The number of benzene rings is 4. The summed E-state index contributed by atoms with van der Waals surface area (Å²) in [6, 6.07) is 31.1. The summed E-state index contributed by atoms with van der Waals surface area (Å²) in [5, 5.41) is 28.9. The Morgan fingerprint density at radius 2 is 1.27 bits per heavy atom.